The van der Waals surface area contributed by atoms with Crippen LogP contribution in [0, 0.1) is 5.92 Å². The van der Waals surface area contributed by atoms with Gasteiger partial charge in [-0.3, -0.25) is 19.7 Å². The molecule has 0 aliphatic carbocycles. The van der Waals surface area contributed by atoms with Gasteiger partial charge in [-0.1, -0.05) is 29.8 Å². The molecule has 0 spiro atoms. The Morgan fingerprint density at radius 2 is 2.04 bits per heavy atom. The van der Waals surface area contributed by atoms with E-state index in [2.05, 4.69) is 5.32 Å². The van der Waals surface area contributed by atoms with E-state index < -0.39 is 29.9 Å². The van der Waals surface area contributed by atoms with Crippen LogP contribution in [0.15, 0.2) is 24.3 Å². The van der Waals surface area contributed by atoms with Crippen LogP contribution in [0.3, 0.4) is 0 Å². The van der Waals surface area contributed by atoms with Crippen molar-refractivity contribution in [3.05, 3.63) is 34.9 Å². The fourth-order valence-electron chi connectivity index (χ4n) is 2.52. The Morgan fingerprint density at radius 1 is 1.35 bits per heavy atom. The van der Waals surface area contributed by atoms with Gasteiger partial charge in [-0.15, -0.1) is 0 Å². The van der Waals surface area contributed by atoms with Gasteiger partial charge in [-0.05, 0) is 18.6 Å². The molecule has 26 heavy (non-hydrogen) atoms. The predicted molar refractivity (Wildman–Crippen MR) is 93.1 cm³/mol. The number of halogens is 1. The van der Waals surface area contributed by atoms with Gasteiger partial charge in [0.2, 0.25) is 5.91 Å². The van der Waals surface area contributed by atoms with E-state index in [-0.39, 0.29) is 18.9 Å². The first kappa shape index (κ1) is 19.7. The van der Waals surface area contributed by atoms with Crippen LogP contribution < -0.4 is 10.6 Å². The summed E-state index contributed by atoms with van der Waals surface area (Å²) in [4.78, 5) is 48.7. The van der Waals surface area contributed by atoms with Gasteiger partial charge in [0, 0.05) is 31.6 Å². The first-order valence-electron chi connectivity index (χ1n) is 8.06. The van der Waals surface area contributed by atoms with Crippen molar-refractivity contribution >= 4 is 35.4 Å². The van der Waals surface area contributed by atoms with Gasteiger partial charge in [0.1, 0.15) is 0 Å². The Balaban J connectivity index is 1.91. The van der Waals surface area contributed by atoms with Crippen molar-refractivity contribution in [1.82, 2.24) is 15.5 Å². The van der Waals surface area contributed by atoms with Gasteiger partial charge in [-0.2, -0.15) is 0 Å². The lowest BCUT2D eigenvalue weighted by Gasteiger charge is -2.18. The number of likely N-dealkylation sites (tertiary alicyclic amines) is 1. The predicted octanol–water partition coefficient (Wildman–Crippen LogP) is 1.08. The van der Waals surface area contributed by atoms with Crippen molar-refractivity contribution in [2.75, 3.05) is 13.6 Å². The largest absolute Gasteiger partial charge is 0.452 e. The molecule has 0 bridgehead atoms. The molecular weight excluding hydrogens is 362 g/mol. The second kappa shape index (κ2) is 8.66. The maximum absolute atomic E-state index is 12.2. The van der Waals surface area contributed by atoms with Crippen molar-refractivity contribution in [2.24, 2.45) is 5.92 Å². The van der Waals surface area contributed by atoms with E-state index in [1.54, 1.807) is 12.1 Å². The van der Waals surface area contributed by atoms with E-state index in [4.69, 9.17) is 16.3 Å². The zero-order valence-electron chi connectivity index (χ0n) is 14.5. The maximum Gasteiger partial charge on any atom is 0.321 e. The van der Waals surface area contributed by atoms with Crippen molar-refractivity contribution < 1.29 is 23.9 Å². The van der Waals surface area contributed by atoms with Crippen molar-refractivity contribution in [3.63, 3.8) is 0 Å². The highest BCUT2D eigenvalue weighted by atomic mass is 35.5. The van der Waals surface area contributed by atoms with Crippen molar-refractivity contribution in [2.45, 2.75) is 26.0 Å². The summed E-state index contributed by atoms with van der Waals surface area (Å²) >= 11 is 6.10. The molecule has 2 rings (SSSR count). The molecule has 0 saturated carbocycles. The Bertz CT molecular complexity index is 724. The third kappa shape index (κ3) is 4.95. The number of hydrogen-bond acceptors (Lipinski definition) is 5. The van der Waals surface area contributed by atoms with Crippen molar-refractivity contribution in [1.29, 1.82) is 0 Å². The number of imide groups is 1. The Hall–Kier alpha value is -2.61. The number of amides is 4. The third-order valence-corrected chi connectivity index (χ3v) is 4.36. The summed E-state index contributed by atoms with van der Waals surface area (Å²) < 4.78 is 5.08. The molecule has 1 aliphatic heterocycles. The quantitative estimate of drug-likeness (QED) is 0.742. The van der Waals surface area contributed by atoms with E-state index >= 15 is 0 Å². The van der Waals surface area contributed by atoms with Gasteiger partial charge in [-0.25, -0.2) is 4.79 Å². The molecule has 8 nitrogen and oxygen atoms in total. The molecule has 2 N–H and O–H groups in total. The Labute approximate surface area is 155 Å². The zero-order chi connectivity index (χ0) is 19.3. The molecule has 1 aliphatic rings. The topological polar surface area (TPSA) is 105 Å². The monoisotopic (exact) mass is 381 g/mol. The average Bonchev–Trinajstić information content (AvgIpc) is 2.97. The van der Waals surface area contributed by atoms with Crippen LogP contribution in [0.1, 0.15) is 18.9 Å². The van der Waals surface area contributed by atoms with E-state index in [0.29, 0.717) is 11.6 Å². The highest BCUT2D eigenvalue weighted by molar-refractivity contribution is 6.31. The average molecular weight is 382 g/mol. The second-order valence-electron chi connectivity index (χ2n) is 5.91. The van der Waals surface area contributed by atoms with E-state index in [1.165, 1.54) is 18.9 Å². The van der Waals surface area contributed by atoms with Gasteiger partial charge in [0.25, 0.3) is 5.91 Å². The minimum Gasteiger partial charge on any atom is -0.452 e. The van der Waals surface area contributed by atoms with E-state index in [0.717, 1.165) is 5.56 Å². The molecule has 0 aromatic heterocycles. The van der Waals surface area contributed by atoms with E-state index in [1.807, 2.05) is 17.4 Å². The first-order valence-corrected chi connectivity index (χ1v) is 8.43. The number of benzene rings is 1. The standard InChI is InChI=1S/C17H20ClN3O5/c1-10(15(23)20-17(25)19-2)26-16(24)12-7-14(22)21(9-12)8-11-5-3-4-6-13(11)18/h3-6,10,12H,7-9H2,1-2H3,(H2,19,20,23,25)/t10-,12-/m1/s1. The number of ether oxygens (including phenoxy) is 1. The van der Waals surface area contributed by atoms with Crippen LogP contribution >= 0.6 is 11.6 Å². The second-order valence-corrected chi connectivity index (χ2v) is 6.32. The summed E-state index contributed by atoms with van der Waals surface area (Å²) in [6.07, 6.45) is -1.14. The minimum absolute atomic E-state index is 0.00701. The smallest absolute Gasteiger partial charge is 0.321 e. The number of urea groups is 1. The van der Waals surface area contributed by atoms with Crippen LogP contribution in [-0.2, 0) is 25.7 Å². The molecule has 0 radical (unpaired) electrons. The lowest BCUT2D eigenvalue weighted by molar-refractivity contribution is -0.158. The summed E-state index contributed by atoms with van der Waals surface area (Å²) in [5.41, 5.74) is 0.787. The number of rotatable bonds is 5. The zero-order valence-corrected chi connectivity index (χ0v) is 15.2. The van der Waals surface area contributed by atoms with Crippen molar-refractivity contribution in [3.8, 4) is 0 Å². The van der Waals surface area contributed by atoms with E-state index in [9.17, 15) is 19.2 Å². The SMILES string of the molecule is CNC(=O)NC(=O)[C@@H](C)OC(=O)[C@@H]1CC(=O)N(Cc2ccccc2Cl)C1. The fraction of sp³-hybridized carbons (Fsp3) is 0.412. The molecule has 140 valence electrons. The van der Waals surface area contributed by atoms with Gasteiger partial charge < -0.3 is 15.0 Å². The molecular formula is C17H20ClN3O5. The normalized spacial score (nSPS) is 17.6. The molecule has 4 amide bonds. The Morgan fingerprint density at radius 3 is 2.69 bits per heavy atom. The number of nitrogens with one attached hydrogen (secondary N) is 2. The summed E-state index contributed by atoms with van der Waals surface area (Å²) in [6.45, 7) is 1.84. The molecule has 1 fully saturated rings. The molecule has 1 aromatic rings. The maximum atomic E-state index is 12.2. The summed E-state index contributed by atoms with van der Waals surface area (Å²) in [7, 11) is 1.36. The highest BCUT2D eigenvalue weighted by Gasteiger charge is 2.36. The molecule has 9 heteroatoms. The number of hydrogen-bond donors (Lipinski definition) is 2. The lowest BCUT2D eigenvalue weighted by Crippen LogP contribution is -2.44. The van der Waals surface area contributed by atoms with Gasteiger partial charge in [0.15, 0.2) is 6.10 Å². The molecule has 1 aromatic carbocycles. The van der Waals surface area contributed by atoms with Crippen LogP contribution in [0.25, 0.3) is 0 Å². The minimum atomic E-state index is -1.15. The number of nitrogens with zero attached hydrogens (tertiary/aromatic N) is 1. The number of carbonyl (C=O) groups excluding carboxylic acids is 4. The Kier molecular flexibility index (Phi) is 6.57. The third-order valence-electron chi connectivity index (χ3n) is 3.99. The van der Waals surface area contributed by atoms with Crippen LogP contribution in [0.4, 0.5) is 4.79 Å². The summed E-state index contributed by atoms with van der Waals surface area (Å²) in [5, 5.41) is 4.80. The number of carbonyl (C=O) groups is 4. The summed E-state index contributed by atoms with van der Waals surface area (Å²) in [5.74, 6) is -2.25. The summed E-state index contributed by atoms with van der Waals surface area (Å²) in [6, 6.07) is 6.46. The first-order chi connectivity index (χ1) is 12.3. The number of esters is 1. The highest BCUT2D eigenvalue weighted by Crippen LogP contribution is 2.24. The van der Waals surface area contributed by atoms with Gasteiger partial charge >= 0.3 is 12.0 Å². The van der Waals surface area contributed by atoms with Crippen LogP contribution in [0.2, 0.25) is 5.02 Å². The fourth-order valence-corrected chi connectivity index (χ4v) is 2.71. The molecule has 2 atom stereocenters. The van der Waals surface area contributed by atoms with Crippen LogP contribution in [-0.4, -0.2) is 48.4 Å². The molecule has 1 heterocycles. The van der Waals surface area contributed by atoms with Gasteiger partial charge in [0.05, 0.1) is 5.92 Å². The molecule has 0 unspecified atom stereocenters. The lowest BCUT2D eigenvalue weighted by atomic mass is 10.1. The van der Waals surface area contributed by atoms with Crippen LogP contribution in [0.5, 0.6) is 0 Å². The molecule has 1 saturated heterocycles.